The highest BCUT2D eigenvalue weighted by molar-refractivity contribution is 9.10. The fourth-order valence-electron chi connectivity index (χ4n) is 2.78. The van der Waals surface area contributed by atoms with Crippen LogP contribution < -0.4 is 19.7 Å². The van der Waals surface area contributed by atoms with E-state index in [1.165, 1.54) is 31.4 Å². The second-order valence-corrected chi connectivity index (χ2v) is 6.93. The Kier molecular flexibility index (Phi) is 6.31. The molecule has 1 aliphatic rings. The number of benzene rings is 2. The third-order valence-corrected chi connectivity index (χ3v) is 4.67. The third kappa shape index (κ3) is 4.25. The molecule has 2 aromatic carbocycles. The standard InChI is InChI=1S/C21H16BrFN2O5/c1-3-7-30-18-16(22)9-12(10-17(18)29-2)8-15-19(26)24-21(28)25(20(15)27)14-6-4-5-13(23)11-14/h3-6,8-11H,1,7H2,2H3,(H,24,26,28)/b15-8+. The summed E-state index contributed by atoms with van der Waals surface area (Å²) in [6, 6.07) is 7.18. The molecule has 0 spiro atoms. The van der Waals surface area contributed by atoms with Gasteiger partial charge in [-0.2, -0.15) is 0 Å². The van der Waals surface area contributed by atoms with Crippen molar-refractivity contribution in [3.05, 3.63) is 70.5 Å². The molecule has 7 nitrogen and oxygen atoms in total. The molecule has 0 bridgehead atoms. The van der Waals surface area contributed by atoms with Crippen LogP contribution in [0.5, 0.6) is 11.5 Å². The fraction of sp³-hybridized carbons (Fsp3) is 0.0952. The molecule has 1 N–H and O–H groups in total. The summed E-state index contributed by atoms with van der Waals surface area (Å²) < 4.78 is 25.0. The highest BCUT2D eigenvalue weighted by atomic mass is 79.9. The van der Waals surface area contributed by atoms with Crippen molar-refractivity contribution < 1.29 is 28.2 Å². The summed E-state index contributed by atoms with van der Waals surface area (Å²) in [6.45, 7) is 3.84. The average Bonchev–Trinajstić information content (AvgIpc) is 2.70. The molecule has 30 heavy (non-hydrogen) atoms. The first-order valence-electron chi connectivity index (χ1n) is 8.64. The van der Waals surface area contributed by atoms with Crippen molar-refractivity contribution in [3.63, 3.8) is 0 Å². The first-order chi connectivity index (χ1) is 14.3. The smallest absolute Gasteiger partial charge is 0.335 e. The number of ether oxygens (including phenoxy) is 2. The van der Waals surface area contributed by atoms with E-state index < -0.39 is 23.7 Å². The summed E-state index contributed by atoms with van der Waals surface area (Å²) in [5.74, 6) is -1.58. The van der Waals surface area contributed by atoms with Crippen LogP contribution in [0.3, 0.4) is 0 Å². The Morgan fingerprint density at radius 3 is 2.67 bits per heavy atom. The minimum Gasteiger partial charge on any atom is -0.493 e. The molecule has 0 aliphatic carbocycles. The fourth-order valence-corrected chi connectivity index (χ4v) is 3.35. The van der Waals surface area contributed by atoms with E-state index in [1.54, 1.807) is 18.2 Å². The van der Waals surface area contributed by atoms with E-state index in [1.807, 2.05) is 0 Å². The van der Waals surface area contributed by atoms with Gasteiger partial charge < -0.3 is 9.47 Å². The lowest BCUT2D eigenvalue weighted by Crippen LogP contribution is -2.54. The number of hydrogen-bond acceptors (Lipinski definition) is 5. The number of barbiturate groups is 1. The molecule has 1 fully saturated rings. The second kappa shape index (κ2) is 8.91. The Balaban J connectivity index is 2.02. The van der Waals surface area contributed by atoms with Crippen molar-refractivity contribution in [2.75, 3.05) is 18.6 Å². The third-order valence-electron chi connectivity index (χ3n) is 4.08. The van der Waals surface area contributed by atoms with Gasteiger partial charge in [0.15, 0.2) is 11.5 Å². The van der Waals surface area contributed by atoms with E-state index in [0.717, 1.165) is 6.07 Å². The van der Waals surface area contributed by atoms with E-state index >= 15 is 0 Å². The summed E-state index contributed by atoms with van der Waals surface area (Å²) in [5.41, 5.74) is 0.145. The number of hydrogen-bond donors (Lipinski definition) is 1. The van der Waals surface area contributed by atoms with Crippen molar-refractivity contribution in [1.82, 2.24) is 5.32 Å². The van der Waals surface area contributed by atoms with Crippen LogP contribution in [0.2, 0.25) is 0 Å². The normalized spacial score (nSPS) is 15.2. The SMILES string of the molecule is C=CCOc1c(Br)cc(/C=C2\C(=O)NC(=O)N(c3cccc(F)c3)C2=O)cc1OC. The number of carbonyl (C=O) groups excluding carboxylic acids is 3. The zero-order valence-electron chi connectivity index (χ0n) is 15.8. The van der Waals surface area contributed by atoms with E-state index in [2.05, 4.69) is 27.8 Å². The molecule has 9 heteroatoms. The Bertz CT molecular complexity index is 1080. The predicted octanol–water partition coefficient (Wildman–Crippen LogP) is 3.83. The molecule has 0 radical (unpaired) electrons. The van der Waals surface area contributed by atoms with Crippen LogP contribution in [-0.2, 0) is 9.59 Å². The largest absolute Gasteiger partial charge is 0.493 e. The molecule has 3 rings (SSSR count). The number of anilines is 1. The summed E-state index contributed by atoms with van der Waals surface area (Å²) in [4.78, 5) is 38.1. The molecule has 0 aromatic heterocycles. The second-order valence-electron chi connectivity index (χ2n) is 6.07. The number of rotatable bonds is 6. The van der Waals surface area contributed by atoms with Gasteiger partial charge in [0.1, 0.15) is 18.0 Å². The zero-order valence-corrected chi connectivity index (χ0v) is 17.4. The molecule has 0 saturated carbocycles. The van der Waals surface area contributed by atoms with Gasteiger partial charge in [0, 0.05) is 0 Å². The number of nitrogens with one attached hydrogen (secondary N) is 1. The molecule has 0 atom stereocenters. The van der Waals surface area contributed by atoms with Gasteiger partial charge in [0.05, 0.1) is 17.3 Å². The molecular weight excluding hydrogens is 459 g/mol. The Labute approximate surface area is 179 Å². The number of imide groups is 2. The molecule has 2 aromatic rings. The Morgan fingerprint density at radius 2 is 2.00 bits per heavy atom. The highest BCUT2D eigenvalue weighted by Gasteiger charge is 2.37. The number of methoxy groups -OCH3 is 1. The van der Waals surface area contributed by atoms with Gasteiger partial charge in [-0.1, -0.05) is 18.7 Å². The van der Waals surface area contributed by atoms with Crippen molar-refractivity contribution in [2.24, 2.45) is 0 Å². The van der Waals surface area contributed by atoms with Crippen molar-refractivity contribution in [1.29, 1.82) is 0 Å². The summed E-state index contributed by atoms with van der Waals surface area (Å²) in [7, 11) is 1.45. The van der Waals surface area contributed by atoms with Gasteiger partial charge >= 0.3 is 6.03 Å². The van der Waals surface area contributed by atoms with Crippen LogP contribution in [-0.4, -0.2) is 31.6 Å². The number of carbonyl (C=O) groups is 3. The first kappa shape index (κ1) is 21.3. The van der Waals surface area contributed by atoms with Crippen LogP contribution in [0.25, 0.3) is 6.08 Å². The molecule has 154 valence electrons. The summed E-state index contributed by atoms with van der Waals surface area (Å²) >= 11 is 3.37. The van der Waals surface area contributed by atoms with Gasteiger partial charge in [-0.3, -0.25) is 14.9 Å². The van der Waals surface area contributed by atoms with Gasteiger partial charge in [0.2, 0.25) is 0 Å². The first-order valence-corrected chi connectivity index (χ1v) is 9.43. The monoisotopic (exact) mass is 474 g/mol. The molecule has 4 amide bonds. The van der Waals surface area contributed by atoms with Crippen LogP contribution in [0.4, 0.5) is 14.9 Å². The highest BCUT2D eigenvalue weighted by Crippen LogP contribution is 2.37. The summed E-state index contributed by atoms with van der Waals surface area (Å²) in [6.07, 6.45) is 2.88. The minimum atomic E-state index is -0.959. The van der Waals surface area contributed by atoms with Crippen molar-refractivity contribution in [2.45, 2.75) is 0 Å². The van der Waals surface area contributed by atoms with Crippen LogP contribution >= 0.6 is 15.9 Å². The maximum atomic E-state index is 13.6. The van der Waals surface area contributed by atoms with Gasteiger partial charge in [0.25, 0.3) is 11.8 Å². The number of nitrogens with zero attached hydrogens (tertiary/aromatic N) is 1. The maximum Gasteiger partial charge on any atom is 0.335 e. The quantitative estimate of drug-likeness (QED) is 0.390. The molecule has 1 aliphatic heterocycles. The predicted molar refractivity (Wildman–Crippen MR) is 112 cm³/mol. The Hall–Kier alpha value is -3.46. The average molecular weight is 475 g/mol. The van der Waals surface area contributed by atoms with Crippen molar-refractivity contribution in [3.8, 4) is 11.5 Å². The lowest BCUT2D eigenvalue weighted by Gasteiger charge is -2.26. The van der Waals surface area contributed by atoms with Gasteiger partial charge in [-0.25, -0.2) is 14.1 Å². The number of urea groups is 1. The minimum absolute atomic E-state index is 0.00262. The number of amides is 4. The zero-order chi connectivity index (χ0) is 21.8. The maximum absolute atomic E-state index is 13.6. The molecule has 1 saturated heterocycles. The summed E-state index contributed by atoms with van der Waals surface area (Å²) in [5, 5.41) is 2.09. The van der Waals surface area contributed by atoms with E-state index in [0.29, 0.717) is 26.4 Å². The van der Waals surface area contributed by atoms with E-state index in [-0.39, 0.29) is 17.9 Å². The van der Waals surface area contributed by atoms with E-state index in [9.17, 15) is 18.8 Å². The van der Waals surface area contributed by atoms with Crippen LogP contribution in [0, 0.1) is 5.82 Å². The lowest BCUT2D eigenvalue weighted by molar-refractivity contribution is -0.122. The topological polar surface area (TPSA) is 84.9 Å². The lowest BCUT2D eigenvalue weighted by atomic mass is 10.1. The molecule has 1 heterocycles. The van der Waals surface area contributed by atoms with Crippen molar-refractivity contribution >= 4 is 45.5 Å². The molecular formula is C21H16BrFN2O5. The van der Waals surface area contributed by atoms with Crippen LogP contribution in [0.1, 0.15) is 5.56 Å². The number of halogens is 2. The Morgan fingerprint density at radius 1 is 1.23 bits per heavy atom. The van der Waals surface area contributed by atoms with Gasteiger partial charge in [-0.15, -0.1) is 0 Å². The molecule has 0 unspecified atom stereocenters. The van der Waals surface area contributed by atoms with Gasteiger partial charge in [-0.05, 0) is 57.9 Å². The van der Waals surface area contributed by atoms with Crippen LogP contribution in [0.15, 0.2) is 59.1 Å². The van der Waals surface area contributed by atoms with E-state index in [4.69, 9.17) is 9.47 Å².